The fourth-order valence-corrected chi connectivity index (χ4v) is 2.71. The van der Waals surface area contributed by atoms with Gasteiger partial charge in [-0.25, -0.2) is 14.2 Å². The third kappa shape index (κ3) is 2.55. The van der Waals surface area contributed by atoms with E-state index in [4.69, 9.17) is 5.11 Å². The number of hydrogen-bond donors (Lipinski definition) is 1. The van der Waals surface area contributed by atoms with Gasteiger partial charge in [0.25, 0.3) is 0 Å². The fraction of sp³-hybridized carbons (Fsp3) is 0.0714. The van der Waals surface area contributed by atoms with E-state index in [1.807, 2.05) is 0 Å². The lowest BCUT2D eigenvalue weighted by Crippen LogP contribution is -2.07. The minimum atomic E-state index is -1.06. The molecule has 7 heteroatoms. The van der Waals surface area contributed by atoms with Crippen LogP contribution in [0.1, 0.15) is 16.2 Å². The van der Waals surface area contributed by atoms with Crippen LogP contribution in [0, 0.1) is 12.7 Å². The summed E-state index contributed by atoms with van der Waals surface area (Å²) in [4.78, 5) is 15.6. The third-order valence-corrected chi connectivity index (χ3v) is 3.68. The van der Waals surface area contributed by atoms with Crippen molar-refractivity contribution in [1.29, 1.82) is 0 Å². The summed E-state index contributed by atoms with van der Waals surface area (Å²) in [6.07, 6.45) is 0. The van der Waals surface area contributed by atoms with Crippen molar-refractivity contribution in [2.24, 2.45) is 0 Å². The van der Waals surface area contributed by atoms with Gasteiger partial charge in [0.1, 0.15) is 5.82 Å². The molecule has 0 atom stereocenters. The number of thiazole rings is 1. The minimum absolute atomic E-state index is 0.0625. The van der Waals surface area contributed by atoms with Gasteiger partial charge in [-0.15, -0.1) is 11.3 Å². The standard InChI is InChI=1S/C14H10FN3O2S/c1-8-6-12(13(19)20)18(17-8)14-16-11(7-21-14)9-2-4-10(15)5-3-9/h2-7H,1H3,(H,19,20). The van der Waals surface area contributed by atoms with Crippen molar-refractivity contribution in [3.05, 3.63) is 52.9 Å². The number of carboxylic acids is 1. The molecule has 5 nitrogen and oxygen atoms in total. The summed E-state index contributed by atoms with van der Waals surface area (Å²) in [6.45, 7) is 1.72. The van der Waals surface area contributed by atoms with E-state index in [-0.39, 0.29) is 11.5 Å². The van der Waals surface area contributed by atoms with E-state index in [2.05, 4.69) is 10.1 Å². The summed E-state index contributed by atoms with van der Waals surface area (Å²) in [7, 11) is 0. The minimum Gasteiger partial charge on any atom is -0.477 e. The molecule has 2 aromatic heterocycles. The average molecular weight is 303 g/mol. The van der Waals surface area contributed by atoms with Gasteiger partial charge in [-0.2, -0.15) is 9.78 Å². The van der Waals surface area contributed by atoms with Gasteiger partial charge in [-0.1, -0.05) is 0 Å². The summed E-state index contributed by atoms with van der Waals surface area (Å²) < 4.78 is 14.2. The van der Waals surface area contributed by atoms with Crippen molar-refractivity contribution in [1.82, 2.24) is 14.8 Å². The van der Waals surface area contributed by atoms with Crippen molar-refractivity contribution in [2.75, 3.05) is 0 Å². The van der Waals surface area contributed by atoms with Crippen LogP contribution in [0.15, 0.2) is 35.7 Å². The highest BCUT2D eigenvalue weighted by Crippen LogP contribution is 2.25. The third-order valence-electron chi connectivity index (χ3n) is 2.86. The number of benzene rings is 1. The normalized spacial score (nSPS) is 10.8. The quantitative estimate of drug-likeness (QED) is 0.807. The van der Waals surface area contributed by atoms with Crippen molar-refractivity contribution in [2.45, 2.75) is 6.92 Å². The lowest BCUT2D eigenvalue weighted by Gasteiger charge is -1.99. The Morgan fingerprint density at radius 3 is 2.71 bits per heavy atom. The van der Waals surface area contributed by atoms with E-state index < -0.39 is 5.97 Å². The molecule has 0 aliphatic rings. The molecule has 0 saturated heterocycles. The second kappa shape index (κ2) is 5.10. The zero-order valence-electron chi connectivity index (χ0n) is 10.9. The highest BCUT2D eigenvalue weighted by molar-refractivity contribution is 7.12. The van der Waals surface area contributed by atoms with Crippen LogP contribution < -0.4 is 0 Å². The predicted octanol–water partition coefficient (Wildman–Crippen LogP) is 3.14. The first-order valence-electron chi connectivity index (χ1n) is 6.06. The van der Waals surface area contributed by atoms with Gasteiger partial charge < -0.3 is 5.11 Å². The van der Waals surface area contributed by atoms with Crippen LogP contribution in [0.3, 0.4) is 0 Å². The van der Waals surface area contributed by atoms with E-state index in [0.29, 0.717) is 16.5 Å². The summed E-state index contributed by atoms with van der Waals surface area (Å²) >= 11 is 1.28. The molecule has 0 aliphatic heterocycles. The molecular weight excluding hydrogens is 293 g/mol. The molecule has 3 aromatic rings. The second-order valence-electron chi connectivity index (χ2n) is 4.41. The number of rotatable bonds is 3. The zero-order chi connectivity index (χ0) is 15.0. The molecule has 0 saturated carbocycles. The predicted molar refractivity (Wildman–Crippen MR) is 76.3 cm³/mol. The van der Waals surface area contributed by atoms with Crippen molar-refractivity contribution in [3.63, 3.8) is 0 Å². The Labute approximate surface area is 123 Å². The summed E-state index contributed by atoms with van der Waals surface area (Å²) in [6, 6.07) is 7.45. The molecule has 3 rings (SSSR count). The second-order valence-corrected chi connectivity index (χ2v) is 5.25. The molecule has 106 valence electrons. The maximum atomic E-state index is 12.9. The van der Waals surface area contributed by atoms with Crippen molar-refractivity contribution < 1.29 is 14.3 Å². The topological polar surface area (TPSA) is 68.0 Å². The number of aryl methyl sites for hydroxylation is 1. The van der Waals surface area contributed by atoms with Crippen LogP contribution in [0.25, 0.3) is 16.4 Å². The molecule has 0 aliphatic carbocycles. The van der Waals surface area contributed by atoms with Gasteiger partial charge in [-0.05, 0) is 37.3 Å². The van der Waals surface area contributed by atoms with Gasteiger partial charge in [0.05, 0.1) is 11.4 Å². The number of aromatic carboxylic acids is 1. The van der Waals surface area contributed by atoms with Crippen LogP contribution in [0.5, 0.6) is 0 Å². The summed E-state index contributed by atoms with van der Waals surface area (Å²) in [5.41, 5.74) is 2.08. The first-order valence-corrected chi connectivity index (χ1v) is 6.94. The monoisotopic (exact) mass is 303 g/mol. The van der Waals surface area contributed by atoms with Gasteiger partial charge in [-0.3, -0.25) is 0 Å². The van der Waals surface area contributed by atoms with Crippen molar-refractivity contribution >= 4 is 17.3 Å². The lowest BCUT2D eigenvalue weighted by atomic mass is 10.2. The molecule has 0 spiro atoms. The molecule has 2 heterocycles. The smallest absolute Gasteiger partial charge is 0.354 e. The van der Waals surface area contributed by atoms with Crippen LogP contribution in [0.4, 0.5) is 4.39 Å². The first-order chi connectivity index (χ1) is 10.0. The Morgan fingerprint density at radius 1 is 1.33 bits per heavy atom. The highest BCUT2D eigenvalue weighted by atomic mass is 32.1. The maximum absolute atomic E-state index is 12.9. The Kier molecular flexibility index (Phi) is 3.26. The maximum Gasteiger partial charge on any atom is 0.354 e. The Hall–Kier alpha value is -2.54. The van der Waals surface area contributed by atoms with Crippen LogP contribution in [0.2, 0.25) is 0 Å². The van der Waals surface area contributed by atoms with Crippen molar-refractivity contribution in [3.8, 4) is 16.4 Å². The van der Waals surface area contributed by atoms with Gasteiger partial charge >= 0.3 is 5.97 Å². The molecule has 0 fully saturated rings. The van der Waals surface area contributed by atoms with Crippen LogP contribution >= 0.6 is 11.3 Å². The van der Waals surface area contributed by atoms with E-state index in [1.54, 1.807) is 24.4 Å². The van der Waals surface area contributed by atoms with E-state index >= 15 is 0 Å². The molecule has 1 N–H and O–H groups in total. The van der Waals surface area contributed by atoms with Gasteiger partial charge in [0.15, 0.2) is 5.69 Å². The molecule has 0 radical (unpaired) electrons. The number of halogens is 1. The number of carbonyl (C=O) groups is 1. The summed E-state index contributed by atoms with van der Waals surface area (Å²) in [5, 5.41) is 15.6. The molecule has 21 heavy (non-hydrogen) atoms. The number of carboxylic acid groups (broad SMARTS) is 1. The summed E-state index contributed by atoms with van der Waals surface area (Å²) in [5.74, 6) is -1.38. The zero-order valence-corrected chi connectivity index (χ0v) is 11.8. The van der Waals surface area contributed by atoms with E-state index in [1.165, 1.54) is 34.2 Å². The van der Waals surface area contributed by atoms with Gasteiger partial charge in [0.2, 0.25) is 5.13 Å². The molecule has 0 bridgehead atoms. The van der Waals surface area contributed by atoms with E-state index in [9.17, 15) is 9.18 Å². The molecule has 0 amide bonds. The molecule has 1 aromatic carbocycles. The largest absolute Gasteiger partial charge is 0.477 e. The number of hydrogen-bond acceptors (Lipinski definition) is 4. The fourth-order valence-electron chi connectivity index (χ4n) is 1.91. The highest BCUT2D eigenvalue weighted by Gasteiger charge is 2.16. The van der Waals surface area contributed by atoms with Crippen LogP contribution in [-0.2, 0) is 0 Å². The SMILES string of the molecule is Cc1cc(C(=O)O)n(-c2nc(-c3ccc(F)cc3)cs2)n1. The molecular formula is C14H10FN3O2S. The molecule has 0 unspecified atom stereocenters. The Morgan fingerprint density at radius 2 is 2.05 bits per heavy atom. The number of aromatic nitrogens is 3. The Balaban J connectivity index is 2.02. The lowest BCUT2D eigenvalue weighted by molar-refractivity contribution is 0.0687. The Bertz CT molecular complexity index is 808. The van der Waals surface area contributed by atoms with Gasteiger partial charge in [0, 0.05) is 10.9 Å². The van der Waals surface area contributed by atoms with Crippen LogP contribution in [-0.4, -0.2) is 25.8 Å². The first kappa shape index (κ1) is 13.4. The number of nitrogens with zero attached hydrogens (tertiary/aromatic N) is 3. The van der Waals surface area contributed by atoms with E-state index in [0.717, 1.165) is 5.56 Å². The average Bonchev–Trinajstić information content (AvgIpc) is 3.06.